The molecule has 0 bridgehead atoms. The number of carboxylic acid groups (broad SMARTS) is 1. The van der Waals surface area contributed by atoms with Gasteiger partial charge in [-0.2, -0.15) is 13.2 Å². The summed E-state index contributed by atoms with van der Waals surface area (Å²) < 4.78 is 69.0. The van der Waals surface area contributed by atoms with Gasteiger partial charge in [0.05, 0.1) is 24.0 Å². The highest BCUT2D eigenvalue weighted by Crippen LogP contribution is 2.45. The van der Waals surface area contributed by atoms with Gasteiger partial charge in [-0.3, -0.25) is 9.69 Å². The van der Waals surface area contributed by atoms with Gasteiger partial charge in [0.1, 0.15) is 11.6 Å². The average molecular weight is 620 g/mol. The van der Waals surface area contributed by atoms with Crippen molar-refractivity contribution in [2.45, 2.75) is 90.0 Å². The SMILES string of the molecule is COc1ccc([C@]2(CCN(Cc3ccc(C4=CC[C@H](C(=O)O)CC4)c(F)c3)CC(C)(C)C(F)(F)F)CCOC(C)(C)C2)cc1. The van der Waals surface area contributed by atoms with Crippen molar-refractivity contribution >= 4 is 11.5 Å². The number of hydrogen-bond acceptors (Lipinski definition) is 4. The summed E-state index contributed by atoms with van der Waals surface area (Å²) in [7, 11) is 1.61. The van der Waals surface area contributed by atoms with E-state index in [2.05, 4.69) is 0 Å². The molecule has 2 atom stereocenters. The lowest BCUT2D eigenvalue weighted by Crippen LogP contribution is -2.47. The molecule has 1 aliphatic heterocycles. The smallest absolute Gasteiger partial charge is 0.395 e. The Morgan fingerprint density at radius 1 is 1.14 bits per heavy atom. The number of benzene rings is 2. The number of rotatable bonds is 11. The molecule has 0 spiro atoms. The van der Waals surface area contributed by atoms with Crippen molar-refractivity contribution in [2.24, 2.45) is 11.3 Å². The Morgan fingerprint density at radius 2 is 1.84 bits per heavy atom. The third-order valence-corrected chi connectivity index (χ3v) is 9.38. The number of carboxylic acids is 1. The Labute approximate surface area is 258 Å². The van der Waals surface area contributed by atoms with Crippen LogP contribution in [0, 0.1) is 17.2 Å². The highest BCUT2D eigenvalue weighted by molar-refractivity contribution is 5.74. The maximum atomic E-state index is 15.4. The molecule has 9 heteroatoms. The van der Waals surface area contributed by atoms with Gasteiger partial charge in [-0.05, 0) is 108 Å². The van der Waals surface area contributed by atoms with Gasteiger partial charge in [-0.25, -0.2) is 4.39 Å². The van der Waals surface area contributed by atoms with Gasteiger partial charge in [0, 0.05) is 30.7 Å². The highest BCUT2D eigenvalue weighted by Gasteiger charge is 2.48. The van der Waals surface area contributed by atoms with Crippen molar-refractivity contribution in [3.8, 4) is 5.75 Å². The van der Waals surface area contributed by atoms with Crippen LogP contribution in [0.5, 0.6) is 5.75 Å². The molecule has 242 valence electrons. The first-order valence-corrected chi connectivity index (χ1v) is 15.3. The maximum absolute atomic E-state index is 15.4. The van der Waals surface area contributed by atoms with Crippen LogP contribution in [-0.2, 0) is 21.5 Å². The molecule has 2 aliphatic rings. The predicted octanol–water partition coefficient (Wildman–Crippen LogP) is 8.41. The van der Waals surface area contributed by atoms with Crippen LogP contribution in [0.3, 0.4) is 0 Å². The number of methoxy groups -OCH3 is 1. The highest BCUT2D eigenvalue weighted by atomic mass is 19.4. The molecule has 1 N–H and O–H groups in total. The summed E-state index contributed by atoms with van der Waals surface area (Å²) in [4.78, 5) is 13.1. The lowest BCUT2D eigenvalue weighted by molar-refractivity contribution is -0.217. The summed E-state index contributed by atoms with van der Waals surface area (Å²) >= 11 is 0. The molecular weight excluding hydrogens is 574 g/mol. The predicted molar refractivity (Wildman–Crippen MR) is 163 cm³/mol. The van der Waals surface area contributed by atoms with Gasteiger partial charge in [0.25, 0.3) is 0 Å². The second-order valence-corrected chi connectivity index (χ2v) is 13.7. The van der Waals surface area contributed by atoms with Gasteiger partial charge < -0.3 is 14.6 Å². The number of ether oxygens (including phenoxy) is 2. The van der Waals surface area contributed by atoms with E-state index in [0.29, 0.717) is 56.4 Å². The fourth-order valence-electron chi connectivity index (χ4n) is 6.74. The van der Waals surface area contributed by atoms with Crippen LogP contribution >= 0.6 is 0 Å². The zero-order valence-corrected chi connectivity index (χ0v) is 26.4. The van der Waals surface area contributed by atoms with Crippen LogP contribution < -0.4 is 4.74 Å². The molecule has 0 amide bonds. The summed E-state index contributed by atoms with van der Waals surface area (Å²) in [6.45, 7) is 7.36. The second kappa shape index (κ2) is 13.2. The molecule has 0 aromatic heterocycles. The van der Waals surface area contributed by atoms with Crippen LogP contribution in [0.2, 0.25) is 0 Å². The Bertz CT molecular complexity index is 1340. The van der Waals surface area contributed by atoms with E-state index in [4.69, 9.17) is 9.47 Å². The molecule has 1 fully saturated rings. The summed E-state index contributed by atoms with van der Waals surface area (Å²) in [6, 6.07) is 12.8. The normalized spacial score (nSPS) is 22.5. The molecule has 5 nitrogen and oxygen atoms in total. The quantitative estimate of drug-likeness (QED) is 0.256. The fourth-order valence-corrected chi connectivity index (χ4v) is 6.74. The van der Waals surface area contributed by atoms with Crippen LogP contribution in [0.25, 0.3) is 5.57 Å². The minimum absolute atomic E-state index is 0.162. The Hall–Kier alpha value is -2.91. The van der Waals surface area contributed by atoms with E-state index in [0.717, 1.165) is 23.3 Å². The summed E-state index contributed by atoms with van der Waals surface area (Å²) in [6.07, 6.45) is 0.697. The maximum Gasteiger partial charge on any atom is 0.395 e. The van der Waals surface area contributed by atoms with E-state index >= 15 is 4.39 Å². The molecule has 2 aromatic rings. The first-order valence-electron chi connectivity index (χ1n) is 15.3. The molecule has 0 radical (unpaired) electrons. The molecule has 1 saturated heterocycles. The monoisotopic (exact) mass is 619 g/mol. The van der Waals surface area contributed by atoms with Gasteiger partial charge in [0.15, 0.2) is 0 Å². The Morgan fingerprint density at radius 3 is 2.39 bits per heavy atom. The van der Waals surface area contributed by atoms with Crippen LogP contribution in [0.4, 0.5) is 17.6 Å². The van der Waals surface area contributed by atoms with E-state index in [9.17, 15) is 23.1 Å². The van der Waals surface area contributed by atoms with Crippen molar-refractivity contribution < 1.29 is 36.9 Å². The van der Waals surface area contributed by atoms with Gasteiger partial charge in [-0.15, -0.1) is 0 Å². The molecule has 0 unspecified atom stereocenters. The van der Waals surface area contributed by atoms with Gasteiger partial charge in [-0.1, -0.05) is 30.3 Å². The van der Waals surface area contributed by atoms with Crippen molar-refractivity contribution in [1.29, 1.82) is 0 Å². The molecule has 4 rings (SSSR count). The van der Waals surface area contributed by atoms with Gasteiger partial charge >= 0.3 is 12.1 Å². The number of aliphatic carboxylic acids is 1. The number of nitrogens with zero attached hydrogens (tertiary/aromatic N) is 1. The van der Waals surface area contributed by atoms with E-state index in [1.807, 2.05) is 38.1 Å². The van der Waals surface area contributed by atoms with Crippen molar-refractivity contribution in [1.82, 2.24) is 4.90 Å². The molecule has 44 heavy (non-hydrogen) atoms. The first-order chi connectivity index (χ1) is 20.5. The van der Waals surface area contributed by atoms with Crippen molar-refractivity contribution in [2.75, 3.05) is 26.8 Å². The number of carbonyl (C=O) groups is 1. The lowest BCUT2D eigenvalue weighted by atomic mass is 9.67. The Kier molecular flexibility index (Phi) is 10.2. The first kappa shape index (κ1) is 34.0. The average Bonchev–Trinajstić information content (AvgIpc) is 2.95. The largest absolute Gasteiger partial charge is 0.497 e. The number of allylic oxidation sites excluding steroid dienone is 2. The van der Waals surface area contributed by atoms with Crippen LogP contribution in [0.1, 0.15) is 82.9 Å². The van der Waals surface area contributed by atoms with E-state index in [1.165, 1.54) is 19.9 Å². The zero-order valence-electron chi connectivity index (χ0n) is 26.4. The molecular formula is C35H45F4NO4. The minimum atomic E-state index is -4.41. The standard InChI is InChI=1S/C35H45F4NO4/c1-32(2,35(37,38)39)23-40(21-24-6-15-29(30(36)20-24)25-7-9-26(10-8-25)31(41)42)18-16-34(17-19-44-33(3,4)22-34)27-11-13-28(43-5)14-12-27/h6-7,11-15,20,26H,8-10,16-19,21-23H2,1-5H3,(H,41,42)/t26-,34+/m0/s1. The van der Waals surface area contributed by atoms with Crippen LogP contribution in [-0.4, -0.2) is 54.6 Å². The number of hydrogen-bond donors (Lipinski definition) is 1. The summed E-state index contributed by atoms with van der Waals surface area (Å²) in [5, 5.41) is 9.27. The minimum Gasteiger partial charge on any atom is -0.497 e. The summed E-state index contributed by atoms with van der Waals surface area (Å²) in [5.41, 5.74) is 0.200. The van der Waals surface area contributed by atoms with Crippen molar-refractivity contribution in [3.63, 3.8) is 0 Å². The summed E-state index contributed by atoms with van der Waals surface area (Å²) in [5.74, 6) is -1.02. The Balaban J connectivity index is 1.60. The third-order valence-electron chi connectivity index (χ3n) is 9.38. The molecule has 1 aliphatic carbocycles. The molecule has 0 saturated carbocycles. The molecule has 2 aromatic carbocycles. The zero-order chi connectivity index (χ0) is 32.3. The van der Waals surface area contributed by atoms with E-state index in [1.54, 1.807) is 30.2 Å². The fraction of sp³-hybridized carbons (Fsp3) is 0.571. The van der Waals surface area contributed by atoms with E-state index < -0.39 is 34.9 Å². The van der Waals surface area contributed by atoms with Crippen LogP contribution in [0.15, 0.2) is 48.5 Å². The third kappa shape index (κ3) is 8.02. The van der Waals surface area contributed by atoms with E-state index in [-0.39, 0.29) is 18.5 Å². The lowest BCUT2D eigenvalue weighted by Gasteiger charge is -2.46. The molecule has 1 heterocycles. The van der Waals surface area contributed by atoms with Crippen molar-refractivity contribution in [3.05, 3.63) is 71.0 Å². The number of alkyl halides is 3. The number of halogens is 4. The second-order valence-electron chi connectivity index (χ2n) is 13.7. The topological polar surface area (TPSA) is 59.0 Å². The van der Waals surface area contributed by atoms with Gasteiger partial charge in [0.2, 0.25) is 0 Å².